The molecule has 1 unspecified atom stereocenters. The molecule has 122 valence electrons. The first-order chi connectivity index (χ1) is 9.87. The van der Waals surface area contributed by atoms with Crippen LogP contribution in [-0.4, -0.2) is 47.4 Å². The molecule has 1 rings (SSSR count). The van der Waals surface area contributed by atoms with Gasteiger partial charge in [0.25, 0.3) is 0 Å². The standard InChI is InChI=1S/C16H31ClN4/c1-8-16(9-2,20(6)7)14(18-5)11-13-15(17)12(4)19-21(13)10-3/h14,18H,8-11H2,1-7H3. The van der Waals surface area contributed by atoms with Gasteiger partial charge in [-0.3, -0.25) is 4.68 Å². The van der Waals surface area contributed by atoms with Crippen molar-refractivity contribution in [1.29, 1.82) is 0 Å². The van der Waals surface area contributed by atoms with Crippen LogP contribution in [0.15, 0.2) is 0 Å². The third kappa shape index (κ3) is 3.43. The Bertz CT molecular complexity index is 449. The highest BCUT2D eigenvalue weighted by Gasteiger charge is 2.38. The third-order valence-corrected chi connectivity index (χ3v) is 5.45. The monoisotopic (exact) mass is 314 g/mol. The summed E-state index contributed by atoms with van der Waals surface area (Å²) in [6.45, 7) is 9.47. The van der Waals surface area contributed by atoms with Crippen molar-refractivity contribution in [3.63, 3.8) is 0 Å². The van der Waals surface area contributed by atoms with Crippen molar-refractivity contribution in [2.45, 2.75) is 65.1 Å². The highest BCUT2D eigenvalue weighted by Crippen LogP contribution is 2.30. The van der Waals surface area contributed by atoms with Crippen LogP contribution in [-0.2, 0) is 13.0 Å². The maximum absolute atomic E-state index is 6.49. The fourth-order valence-electron chi connectivity index (χ4n) is 3.50. The first kappa shape index (κ1) is 18.5. The van der Waals surface area contributed by atoms with E-state index < -0.39 is 0 Å². The molecular weight excluding hydrogens is 284 g/mol. The lowest BCUT2D eigenvalue weighted by Gasteiger charge is -2.45. The molecule has 5 heteroatoms. The number of likely N-dealkylation sites (N-methyl/N-ethyl adjacent to an activating group) is 2. The second kappa shape index (κ2) is 7.61. The Balaban J connectivity index is 3.18. The van der Waals surface area contributed by atoms with Crippen LogP contribution in [0.1, 0.15) is 45.0 Å². The highest BCUT2D eigenvalue weighted by atomic mass is 35.5. The fourth-order valence-corrected chi connectivity index (χ4v) is 3.72. The Morgan fingerprint density at radius 3 is 2.24 bits per heavy atom. The van der Waals surface area contributed by atoms with Crippen molar-refractivity contribution >= 4 is 11.6 Å². The molecule has 1 N–H and O–H groups in total. The quantitative estimate of drug-likeness (QED) is 0.800. The van der Waals surface area contributed by atoms with E-state index in [0.717, 1.165) is 42.2 Å². The fraction of sp³-hybridized carbons (Fsp3) is 0.812. The van der Waals surface area contributed by atoms with Crippen LogP contribution < -0.4 is 5.32 Å². The maximum atomic E-state index is 6.49. The Labute approximate surface area is 134 Å². The Morgan fingerprint density at radius 1 is 1.29 bits per heavy atom. The number of rotatable bonds is 8. The van der Waals surface area contributed by atoms with Crippen molar-refractivity contribution in [2.24, 2.45) is 0 Å². The second-order valence-corrected chi connectivity index (χ2v) is 6.29. The molecule has 1 aromatic rings. The van der Waals surface area contributed by atoms with Crippen molar-refractivity contribution in [3.8, 4) is 0 Å². The van der Waals surface area contributed by atoms with Gasteiger partial charge >= 0.3 is 0 Å². The molecule has 0 aromatic carbocycles. The first-order valence-electron chi connectivity index (χ1n) is 7.94. The maximum Gasteiger partial charge on any atom is 0.0847 e. The smallest absolute Gasteiger partial charge is 0.0847 e. The lowest BCUT2D eigenvalue weighted by molar-refractivity contribution is 0.0908. The summed E-state index contributed by atoms with van der Waals surface area (Å²) in [5, 5.41) is 8.88. The van der Waals surface area contributed by atoms with Gasteiger partial charge in [-0.2, -0.15) is 5.10 Å². The molecule has 0 spiro atoms. The van der Waals surface area contributed by atoms with Crippen molar-refractivity contribution in [3.05, 3.63) is 16.4 Å². The zero-order chi connectivity index (χ0) is 16.2. The Hall–Kier alpha value is -0.580. The predicted octanol–water partition coefficient (Wildman–Crippen LogP) is 3.12. The molecule has 0 bridgehead atoms. The topological polar surface area (TPSA) is 33.1 Å². The molecule has 0 radical (unpaired) electrons. The molecule has 1 aromatic heterocycles. The van der Waals surface area contributed by atoms with E-state index in [9.17, 15) is 0 Å². The van der Waals surface area contributed by atoms with Crippen LogP contribution in [0.25, 0.3) is 0 Å². The van der Waals surface area contributed by atoms with Crippen LogP contribution in [0.5, 0.6) is 0 Å². The summed E-state index contributed by atoms with van der Waals surface area (Å²) in [7, 11) is 6.38. The molecule has 4 nitrogen and oxygen atoms in total. The minimum absolute atomic E-state index is 0.120. The summed E-state index contributed by atoms with van der Waals surface area (Å²) in [6.07, 6.45) is 3.08. The molecular formula is C16H31ClN4. The molecule has 0 amide bonds. The Kier molecular flexibility index (Phi) is 6.70. The molecule has 0 saturated carbocycles. The molecule has 0 fully saturated rings. The van der Waals surface area contributed by atoms with Crippen LogP contribution >= 0.6 is 11.6 Å². The summed E-state index contributed by atoms with van der Waals surface area (Å²) in [4.78, 5) is 2.35. The van der Waals surface area contributed by atoms with Crippen molar-refractivity contribution < 1.29 is 0 Å². The third-order valence-electron chi connectivity index (χ3n) is 4.96. The number of aromatic nitrogens is 2. The number of nitrogens with one attached hydrogen (secondary N) is 1. The van der Waals surface area contributed by atoms with E-state index in [-0.39, 0.29) is 5.54 Å². The molecule has 0 saturated heterocycles. The minimum Gasteiger partial charge on any atom is -0.315 e. The van der Waals surface area contributed by atoms with Gasteiger partial charge in [-0.25, -0.2) is 0 Å². The molecule has 0 aliphatic rings. The van der Waals surface area contributed by atoms with E-state index >= 15 is 0 Å². The van der Waals surface area contributed by atoms with Gasteiger partial charge in [0, 0.05) is 24.5 Å². The van der Waals surface area contributed by atoms with E-state index in [1.165, 1.54) is 0 Å². The first-order valence-corrected chi connectivity index (χ1v) is 8.32. The average Bonchev–Trinajstić information content (AvgIpc) is 2.74. The van der Waals surface area contributed by atoms with Gasteiger partial charge in [0.15, 0.2) is 0 Å². The average molecular weight is 315 g/mol. The van der Waals surface area contributed by atoms with E-state index in [2.05, 4.69) is 50.2 Å². The van der Waals surface area contributed by atoms with Crippen LogP contribution in [0.4, 0.5) is 0 Å². The Morgan fingerprint density at radius 2 is 1.86 bits per heavy atom. The molecule has 0 aliphatic heterocycles. The normalized spacial score (nSPS) is 14.0. The van der Waals surface area contributed by atoms with Gasteiger partial charge < -0.3 is 10.2 Å². The second-order valence-electron chi connectivity index (χ2n) is 5.91. The van der Waals surface area contributed by atoms with Gasteiger partial charge in [-0.15, -0.1) is 0 Å². The summed E-state index contributed by atoms with van der Waals surface area (Å²) < 4.78 is 2.04. The summed E-state index contributed by atoms with van der Waals surface area (Å²) in [5.74, 6) is 0. The molecule has 1 heterocycles. The van der Waals surface area contributed by atoms with E-state index in [4.69, 9.17) is 11.6 Å². The van der Waals surface area contributed by atoms with E-state index in [0.29, 0.717) is 6.04 Å². The predicted molar refractivity (Wildman–Crippen MR) is 91.2 cm³/mol. The number of hydrogen-bond acceptors (Lipinski definition) is 3. The summed E-state index contributed by atoms with van der Waals surface area (Å²) >= 11 is 6.49. The number of aryl methyl sites for hydroxylation is 2. The van der Waals surface area contributed by atoms with E-state index in [1.54, 1.807) is 0 Å². The molecule has 21 heavy (non-hydrogen) atoms. The van der Waals surface area contributed by atoms with Gasteiger partial charge in [0.1, 0.15) is 0 Å². The SMILES string of the molecule is CCn1nc(C)c(Cl)c1CC(NC)C(CC)(CC)N(C)C. The van der Waals surface area contributed by atoms with Gasteiger partial charge in [0.05, 0.1) is 16.4 Å². The van der Waals surface area contributed by atoms with Gasteiger partial charge in [0.2, 0.25) is 0 Å². The van der Waals surface area contributed by atoms with Crippen LogP contribution in [0.2, 0.25) is 5.02 Å². The van der Waals surface area contributed by atoms with Crippen molar-refractivity contribution in [1.82, 2.24) is 20.0 Å². The number of nitrogens with zero attached hydrogens (tertiary/aromatic N) is 3. The lowest BCUT2D eigenvalue weighted by Crippen LogP contribution is -2.58. The largest absolute Gasteiger partial charge is 0.315 e. The number of halogens is 1. The van der Waals surface area contributed by atoms with E-state index in [1.807, 2.05) is 18.7 Å². The zero-order valence-electron chi connectivity index (χ0n) is 14.6. The van der Waals surface area contributed by atoms with Gasteiger partial charge in [-0.1, -0.05) is 25.4 Å². The minimum atomic E-state index is 0.120. The zero-order valence-corrected chi connectivity index (χ0v) is 15.4. The van der Waals surface area contributed by atoms with Crippen LogP contribution in [0, 0.1) is 6.92 Å². The highest BCUT2D eigenvalue weighted by molar-refractivity contribution is 6.31. The lowest BCUT2D eigenvalue weighted by atomic mass is 9.81. The molecule has 1 atom stereocenters. The summed E-state index contributed by atoms with van der Waals surface area (Å²) in [5.41, 5.74) is 2.19. The van der Waals surface area contributed by atoms with Crippen LogP contribution in [0.3, 0.4) is 0 Å². The summed E-state index contributed by atoms with van der Waals surface area (Å²) in [6, 6.07) is 0.335. The van der Waals surface area contributed by atoms with Crippen molar-refractivity contribution in [2.75, 3.05) is 21.1 Å². The molecule has 0 aliphatic carbocycles. The van der Waals surface area contributed by atoms with Gasteiger partial charge in [-0.05, 0) is 47.8 Å². The number of hydrogen-bond donors (Lipinski definition) is 1.